The number of carbonyl (C=O) groups is 3. The van der Waals surface area contributed by atoms with Crippen molar-refractivity contribution in [1.29, 1.82) is 0 Å². The van der Waals surface area contributed by atoms with Crippen molar-refractivity contribution in [2.45, 2.75) is 40.5 Å². The van der Waals surface area contributed by atoms with E-state index in [1.165, 1.54) is 11.8 Å². The third-order valence-electron chi connectivity index (χ3n) is 5.95. The standard InChI is InChI=1S/C18H21NO3/c1-11(20)12-5-7-13(8-6-12)19-15(21)14-9-10-18(4,16(19)22)17(14,2)3/h5-8,14H,9-10H2,1-4H3. The molecule has 4 nitrogen and oxygen atoms in total. The Morgan fingerprint density at radius 3 is 2.27 bits per heavy atom. The van der Waals surface area contributed by atoms with Crippen LogP contribution in [0, 0.1) is 16.7 Å². The number of benzene rings is 1. The second kappa shape index (κ2) is 4.51. The molecule has 0 aromatic heterocycles. The van der Waals surface area contributed by atoms with Gasteiger partial charge in [-0.3, -0.25) is 14.4 Å². The first kappa shape index (κ1) is 14.9. The molecular weight excluding hydrogens is 278 g/mol. The summed E-state index contributed by atoms with van der Waals surface area (Å²) in [6.07, 6.45) is 1.51. The van der Waals surface area contributed by atoms with E-state index in [1.54, 1.807) is 24.3 Å². The van der Waals surface area contributed by atoms with Crippen LogP contribution in [0.1, 0.15) is 50.9 Å². The average Bonchev–Trinajstić information content (AvgIpc) is 2.64. The lowest BCUT2D eigenvalue weighted by molar-refractivity contribution is -0.146. The van der Waals surface area contributed by atoms with Gasteiger partial charge in [-0.15, -0.1) is 0 Å². The quantitative estimate of drug-likeness (QED) is 0.622. The Kier molecular flexibility index (Phi) is 3.06. The number of rotatable bonds is 2. The fraction of sp³-hybridized carbons (Fsp3) is 0.500. The van der Waals surface area contributed by atoms with E-state index in [1.807, 2.05) is 20.8 Å². The molecule has 2 fully saturated rings. The molecule has 1 saturated heterocycles. The molecule has 0 N–H and O–H groups in total. The zero-order valence-electron chi connectivity index (χ0n) is 13.5. The Hall–Kier alpha value is -1.97. The summed E-state index contributed by atoms with van der Waals surface area (Å²) in [6, 6.07) is 6.71. The van der Waals surface area contributed by atoms with Crippen molar-refractivity contribution in [3.05, 3.63) is 29.8 Å². The van der Waals surface area contributed by atoms with Gasteiger partial charge in [0.25, 0.3) is 0 Å². The van der Waals surface area contributed by atoms with Gasteiger partial charge in [0.1, 0.15) is 0 Å². The number of piperidine rings is 1. The SMILES string of the molecule is CC(=O)c1ccc(N2C(=O)C3CCC(C)(C2=O)C3(C)C)cc1. The number of ketones is 1. The monoisotopic (exact) mass is 299 g/mol. The summed E-state index contributed by atoms with van der Waals surface area (Å²) in [6.45, 7) is 7.52. The van der Waals surface area contributed by atoms with Crippen molar-refractivity contribution < 1.29 is 14.4 Å². The predicted octanol–water partition coefficient (Wildman–Crippen LogP) is 3.20. The minimum absolute atomic E-state index is 0.0315. The lowest BCUT2D eigenvalue weighted by Gasteiger charge is -2.47. The third-order valence-corrected chi connectivity index (χ3v) is 5.95. The molecule has 2 aliphatic rings. The van der Waals surface area contributed by atoms with Gasteiger partial charge in [0.2, 0.25) is 11.8 Å². The number of imide groups is 1. The van der Waals surface area contributed by atoms with E-state index in [0.717, 1.165) is 12.8 Å². The molecule has 22 heavy (non-hydrogen) atoms. The fourth-order valence-electron chi connectivity index (χ4n) is 3.91. The molecule has 2 amide bonds. The second-order valence-electron chi connectivity index (χ2n) is 7.23. The van der Waals surface area contributed by atoms with Crippen molar-refractivity contribution >= 4 is 23.3 Å². The van der Waals surface area contributed by atoms with Gasteiger partial charge >= 0.3 is 0 Å². The molecule has 1 saturated carbocycles. The van der Waals surface area contributed by atoms with Gasteiger partial charge in [-0.05, 0) is 49.4 Å². The number of carbonyl (C=O) groups excluding carboxylic acids is 3. The number of hydrogen-bond acceptors (Lipinski definition) is 3. The molecule has 2 atom stereocenters. The van der Waals surface area contributed by atoms with Crippen LogP contribution in [0.3, 0.4) is 0 Å². The van der Waals surface area contributed by atoms with Gasteiger partial charge in [0.05, 0.1) is 11.1 Å². The van der Waals surface area contributed by atoms with E-state index in [-0.39, 0.29) is 28.9 Å². The Balaban J connectivity index is 2.04. The minimum atomic E-state index is -0.509. The van der Waals surface area contributed by atoms with Gasteiger partial charge in [-0.25, -0.2) is 4.90 Å². The van der Waals surface area contributed by atoms with Gasteiger partial charge in [0.15, 0.2) is 5.78 Å². The molecule has 4 heteroatoms. The molecule has 0 spiro atoms. The predicted molar refractivity (Wildman–Crippen MR) is 83.6 cm³/mol. The van der Waals surface area contributed by atoms with Crippen LogP contribution in [0.15, 0.2) is 24.3 Å². The van der Waals surface area contributed by atoms with E-state index in [4.69, 9.17) is 0 Å². The number of fused-ring (bicyclic) bond motifs is 2. The van der Waals surface area contributed by atoms with Crippen molar-refractivity contribution in [1.82, 2.24) is 0 Å². The minimum Gasteiger partial charge on any atom is -0.295 e. The van der Waals surface area contributed by atoms with E-state index in [0.29, 0.717) is 11.3 Å². The van der Waals surface area contributed by atoms with Gasteiger partial charge in [-0.1, -0.05) is 20.8 Å². The van der Waals surface area contributed by atoms with E-state index in [9.17, 15) is 14.4 Å². The van der Waals surface area contributed by atoms with Gasteiger partial charge in [-0.2, -0.15) is 0 Å². The Labute approximate surface area is 130 Å². The lowest BCUT2D eigenvalue weighted by atomic mass is 9.62. The number of nitrogens with zero attached hydrogens (tertiary/aromatic N) is 1. The molecule has 0 radical (unpaired) electrons. The highest BCUT2D eigenvalue weighted by molar-refractivity contribution is 6.20. The van der Waals surface area contributed by atoms with Crippen LogP contribution in [0.2, 0.25) is 0 Å². The van der Waals surface area contributed by atoms with Crippen LogP contribution in [-0.2, 0) is 9.59 Å². The zero-order valence-corrected chi connectivity index (χ0v) is 13.5. The first-order valence-electron chi connectivity index (χ1n) is 7.69. The molecule has 3 rings (SSSR count). The summed E-state index contributed by atoms with van der Waals surface area (Å²) < 4.78 is 0. The maximum atomic E-state index is 13.0. The first-order valence-corrected chi connectivity index (χ1v) is 7.69. The van der Waals surface area contributed by atoms with E-state index >= 15 is 0 Å². The number of amides is 2. The molecule has 1 aliphatic carbocycles. The highest BCUT2D eigenvalue weighted by atomic mass is 16.2. The van der Waals surface area contributed by atoms with Gasteiger partial charge < -0.3 is 0 Å². The van der Waals surface area contributed by atoms with Crippen LogP contribution in [0.4, 0.5) is 5.69 Å². The topological polar surface area (TPSA) is 54.5 Å². The first-order chi connectivity index (χ1) is 10.2. The summed E-state index contributed by atoms with van der Waals surface area (Å²) in [5.41, 5.74) is 0.325. The Morgan fingerprint density at radius 1 is 1.14 bits per heavy atom. The van der Waals surface area contributed by atoms with Crippen molar-refractivity contribution in [2.24, 2.45) is 16.7 Å². The highest BCUT2D eigenvalue weighted by Gasteiger charge is 2.64. The van der Waals surface area contributed by atoms with Gasteiger partial charge in [0, 0.05) is 11.5 Å². The molecule has 2 unspecified atom stereocenters. The summed E-state index contributed by atoms with van der Waals surface area (Å²) in [7, 11) is 0. The molecule has 2 bridgehead atoms. The average molecular weight is 299 g/mol. The van der Waals surface area contributed by atoms with Crippen molar-refractivity contribution in [3.63, 3.8) is 0 Å². The van der Waals surface area contributed by atoms with E-state index in [2.05, 4.69) is 0 Å². The van der Waals surface area contributed by atoms with Crippen LogP contribution in [0.5, 0.6) is 0 Å². The molecule has 1 aliphatic heterocycles. The number of hydrogen-bond donors (Lipinski definition) is 0. The fourth-order valence-corrected chi connectivity index (χ4v) is 3.91. The van der Waals surface area contributed by atoms with Crippen LogP contribution >= 0.6 is 0 Å². The molecule has 1 heterocycles. The highest BCUT2D eigenvalue weighted by Crippen LogP contribution is 2.60. The second-order valence-corrected chi connectivity index (χ2v) is 7.23. The van der Waals surface area contributed by atoms with Crippen LogP contribution in [-0.4, -0.2) is 17.6 Å². The summed E-state index contributed by atoms with van der Waals surface area (Å²) >= 11 is 0. The zero-order chi connectivity index (χ0) is 16.3. The Morgan fingerprint density at radius 2 is 1.73 bits per heavy atom. The number of anilines is 1. The normalized spacial score (nSPS) is 29.8. The summed E-state index contributed by atoms with van der Waals surface area (Å²) in [4.78, 5) is 38.5. The van der Waals surface area contributed by atoms with Crippen molar-refractivity contribution in [3.8, 4) is 0 Å². The summed E-state index contributed by atoms with van der Waals surface area (Å²) in [5.74, 6) is -0.383. The van der Waals surface area contributed by atoms with Crippen LogP contribution in [0.25, 0.3) is 0 Å². The molecule has 1 aromatic rings. The largest absolute Gasteiger partial charge is 0.295 e. The number of Topliss-reactive ketones (excluding diaryl/α,β-unsaturated/α-hetero) is 1. The smallest absolute Gasteiger partial charge is 0.240 e. The van der Waals surface area contributed by atoms with Crippen LogP contribution < -0.4 is 4.90 Å². The molecular formula is C18H21NO3. The van der Waals surface area contributed by atoms with Crippen molar-refractivity contribution in [2.75, 3.05) is 4.90 Å². The maximum Gasteiger partial charge on any atom is 0.240 e. The molecule has 116 valence electrons. The Bertz CT molecular complexity index is 674. The van der Waals surface area contributed by atoms with E-state index < -0.39 is 5.41 Å². The molecule has 1 aromatic carbocycles. The third kappa shape index (κ3) is 1.73. The summed E-state index contributed by atoms with van der Waals surface area (Å²) in [5, 5.41) is 0. The lowest BCUT2D eigenvalue weighted by Crippen LogP contribution is -2.59. The maximum absolute atomic E-state index is 13.0.